The number of hydrogen-bond donors (Lipinski definition) is 2. The Kier molecular flexibility index (Phi) is 6.43. The Balaban J connectivity index is 1.50. The normalized spacial score (nSPS) is 11.4. The molecule has 5 rings (SSSR count). The summed E-state index contributed by atoms with van der Waals surface area (Å²) in [6.45, 7) is 3.48. The number of nitrogens with zero attached hydrogens (tertiary/aromatic N) is 2. The van der Waals surface area contributed by atoms with E-state index in [1.165, 1.54) is 24.3 Å². The average Bonchev–Trinajstić information content (AvgIpc) is 3.50. The number of aromatic nitrogens is 2. The number of pyridine rings is 2. The molecule has 0 bridgehead atoms. The molecule has 12 heteroatoms. The molecule has 3 N–H and O–H groups in total. The van der Waals surface area contributed by atoms with Gasteiger partial charge in [-0.1, -0.05) is 6.07 Å². The monoisotopic (exact) mass is 548 g/mol. The number of primary amides is 1. The van der Waals surface area contributed by atoms with Crippen LogP contribution in [0, 0.1) is 13.8 Å². The molecule has 0 aliphatic rings. The third kappa shape index (κ3) is 4.86. The number of rotatable bonds is 7. The summed E-state index contributed by atoms with van der Waals surface area (Å²) in [5.74, 6) is -0.742. The Morgan fingerprint density at radius 1 is 1.05 bits per heavy atom. The van der Waals surface area contributed by atoms with Crippen molar-refractivity contribution in [1.29, 1.82) is 0 Å². The number of carbonyl (C=O) groups is 2. The van der Waals surface area contributed by atoms with Gasteiger partial charge in [0.25, 0.3) is 0 Å². The van der Waals surface area contributed by atoms with Gasteiger partial charge in [-0.3, -0.25) is 14.8 Å². The molecule has 10 nitrogen and oxygen atoms in total. The maximum Gasteiger partial charge on any atom is 0.348 e. The van der Waals surface area contributed by atoms with Crippen molar-refractivity contribution in [2.24, 2.45) is 5.73 Å². The molecule has 4 aromatic heterocycles. The molecule has 0 aliphatic heterocycles. The van der Waals surface area contributed by atoms with E-state index >= 15 is 0 Å². The van der Waals surface area contributed by atoms with Gasteiger partial charge < -0.3 is 19.7 Å². The summed E-state index contributed by atoms with van der Waals surface area (Å²) >= 11 is 1.02. The first-order valence-electron chi connectivity index (χ1n) is 11.2. The molecule has 0 atom stereocenters. The van der Waals surface area contributed by atoms with Crippen LogP contribution < -0.4 is 15.2 Å². The van der Waals surface area contributed by atoms with Crippen LogP contribution >= 0.6 is 11.3 Å². The minimum absolute atomic E-state index is 0.00741. The summed E-state index contributed by atoms with van der Waals surface area (Å²) in [6.07, 6.45) is 1.62. The smallest absolute Gasteiger partial charge is 0.348 e. The lowest BCUT2D eigenvalue weighted by Gasteiger charge is -2.06. The Morgan fingerprint density at radius 2 is 1.87 bits per heavy atom. The minimum atomic E-state index is -4.18. The molecule has 0 unspecified atom stereocenters. The van der Waals surface area contributed by atoms with Crippen molar-refractivity contribution in [3.63, 3.8) is 0 Å². The van der Waals surface area contributed by atoms with Gasteiger partial charge in [0.2, 0.25) is 5.78 Å². The summed E-state index contributed by atoms with van der Waals surface area (Å²) in [6, 6.07) is 15.0. The number of carbonyl (C=O) groups excluding carboxylic acids is 2. The van der Waals surface area contributed by atoms with Crippen molar-refractivity contribution in [2.75, 3.05) is 5.32 Å². The lowest BCUT2D eigenvalue weighted by molar-refractivity contribution is 0.101. The summed E-state index contributed by atoms with van der Waals surface area (Å²) in [5, 5.41) is 2.77. The van der Waals surface area contributed by atoms with Crippen LogP contribution in [0.4, 0.5) is 10.5 Å². The number of nitrogens with two attached hydrogens (primary N) is 1. The number of ketones is 1. The standard InChI is InChI=1S/C26H20N4O6S2/c1-14-6-8-17(15(2)29-14)24(31)25-23(30-26(27)32)18-9-7-16(13-20(18)35-25)36-38(33,34)22-11-10-21(37-22)19-5-3-4-12-28-19/h3-13H,1-2H3,(H3,27,30,32). The van der Waals surface area contributed by atoms with Crippen LogP contribution in [-0.4, -0.2) is 30.2 Å². The maximum atomic E-state index is 13.3. The highest BCUT2D eigenvalue weighted by molar-refractivity contribution is 7.89. The number of fused-ring (bicyclic) bond motifs is 1. The number of anilines is 1. The van der Waals surface area contributed by atoms with E-state index in [0.29, 0.717) is 21.7 Å². The molecule has 192 valence electrons. The maximum absolute atomic E-state index is 13.3. The zero-order chi connectivity index (χ0) is 27.0. The second kappa shape index (κ2) is 9.72. The first-order valence-corrected chi connectivity index (χ1v) is 13.4. The van der Waals surface area contributed by atoms with Gasteiger partial charge in [-0.05, 0) is 62.4 Å². The van der Waals surface area contributed by atoms with Crippen molar-refractivity contribution in [3.8, 4) is 16.3 Å². The van der Waals surface area contributed by atoms with Gasteiger partial charge in [0.15, 0.2) is 9.97 Å². The van der Waals surface area contributed by atoms with Crippen molar-refractivity contribution >= 4 is 49.9 Å². The second-order valence-corrected chi connectivity index (χ2v) is 11.1. The molecule has 4 heterocycles. The summed E-state index contributed by atoms with van der Waals surface area (Å²) in [5.41, 5.74) is 7.64. The Bertz CT molecular complexity index is 1810. The van der Waals surface area contributed by atoms with Gasteiger partial charge in [0, 0.05) is 34.6 Å². The van der Waals surface area contributed by atoms with Crippen LogP contribution in [0.1, 0.15) is 27.5 Å². The molecule has 0 saturated heterocycles. The number of furan rings is 1. The van der Waals surface area contributed by atoms with E-state index in [0.717, 1.165) is 17.0 Å². The zero-order valence-electron chi connectivity index (χ0n) is 20.1. The third-order valence-electron chi connectivity index (χ3n) is 5.54. The van der Waals surface area contributed by atoms with E-state index in [9.17, 15) is 18.0 Å². The fourth-order valence-electron chi connectivity index (χ4n) is 3.85. The largest absolute Gasteiger partial charge is 0.450 e. The number of urea groups is 1. The summed E-state index contributed by atoms with van der Waals surface area (Å²) in [7, 11) is -4.18. The highest BCUT2D eigenvalue weighted by atomic mass is 32.3. The van der Waals surface area contributed by atoms with Gasteiger partial charge in [0.05, 0.1) is 10.6 Å². The van der Waals surface area contributed by atoms with Crippen molar-refractivity contribution < 1.29 is 26.6 Å². The van der Waals surface area contributed by atoms with Gasteiger partial charge >= 0.3 is 16.1 Å². The first kappa shape index (κ1) is 25.1. The highest BCUT2D eigenvalue weighted by Gasteiger charge is 2.26. The van der Waals surface area contributed by atoms with Gasteiger partial charge in [-0.2, -0.15) is 8.42 Å². The van der Waals surface area contributed by atoms with Gasteiger partial charge in [-0.15, -0.1) is 11.3 Å². The van der Waals surface area contributed by atoms with Crippen molar-refractivity contribution in [1.82, 2.24) is 9.97 Å². The van der Waals surface area contributed by atoms with Crippen LogP contribution in [0.25, 0.3) is 21.5 Å². The molecule has 1 aromatic carbocycles. The van der Waals surface area contributed by atoms with Crippen molar-refractivity contribution in [3.05, 3.63) is 89.6 Å². The minimum Gasteiger partial charge on any atom is -0.450 e. The van der Waals surface area contributed by atoms with Crippen LogP contribution in [-0.2, 0) is 10.1 Å². The molecule has 0 radical (unpaired) electrons. The van der Waals surface area contributed by atoms with E-state index in [1.807, 2.05) is 6.07 Å². The lowest BCUT2D eigenvalue weighted by atomic mass is 10.1. The van der Waals surface area contributed by atoms with Crippen molar-refractivity contribution in [2.45, 2.75) is 18.1 Å². The fourth-order valence-corrected chi connectivity index (χ4v) is 6.02. The quantitative estimate of drug-likeness (QED) is 0.211. The number of aryl methyl sites for hydroxylation is 2. The molecule has 0 fully saturated rings. The van der Waals surface area contributed by atoms with Crippen LogP contribution in [0.15, 0.2) is 75.5 Å². The topological polar surface area (TPSA) is 154 Å². The molecule has 2 amide bonds. The molecule has 0 saturated carbocycles. The van der Waals surface area contributed by atoms with E-state index in [-0.39, 0.29) is 32.6 Å². The number of thiophene rings is 1. The second-order valence-electron chi connectivity index (χ2n) is 8.24. The van der Waals surface area contributed by atoms with Crippen LogP contribution in [0.2, 0.25) is 0 Å². The molecule has 38 heavy (non-hydrogen) atoms. The predicted octanol–water partition coefficient (Wildman–Crippen LogP) is 5.06. The van der Waals surface area contributed by atoms with Gasteiger partial charge in [-0.25, -0.2) is 4.79 Å². The van der Waals surface area contributed by atoms with E-state index < -0.39 is 21.9 Å². The molecular weight excluding hydrogens is 528 g/mol. The van der Waals surface area contributed by atoms with Crippen LogP contribution in [0.3, 0.4) is 0 Å². The highest BCUT2D eigenvalue weighted by Crippen LogP contribution is 2.36. The molecule has 0 aliphatic carbocycles. The molecule has 0 spiro atoms. The predicted molar refractivity (Wildman–Crippen MR) is 142 cm³/mol. The van der Waals surface area contributed by atoms with Crippen LogP contribution in [0.5, 0.6) is 5.75 Å². The Labute approximate surface area is 221 Å². The zero-order valence-corrected chi connectivity index (χ0v) is 21.7. The third-order valence-corrected chi connectivity index (χ3v) is 8.34. The average molecular weight is 549 g/mol. The summed E-state index contributed by atoms with van der Waals surface area (Å²) in [4.78, 5) is 34.2. The number of hydrogen-bond acceptors (Lipinski definition) is 9. The SMILES string of the molecule is Cc1ccc(C(=O)c2oc3cc(OS(=O)(=O)c4ccc(-c5ccccn5)s4)ccc3c2NC(N)=O)c(C)n1. The molecule has 5 aromatic rings. The number of benzene rings is 1. The van der Waals surface area contributed by atoms with E-state index in [1.54, 1.807) is 50.4 Å². The fraction of sp³-hybridized carbons (Fsp3) is 0.0769. The number of nitrogens with one attached hydrogen (secondary N) is 1. The van der Waals surface area contributed by atoms with Gasteiger partial charge in [0.1, 0.15) is 17.0 Å². The van der Waals surface area contributed by atoms with E-state index in [4.69, 9.17) is 14.3 Å². The Hall–Kier alpha value is -4.55. The molecular formula is C26H20N4O6S2. The van der Waals surface area contributed by atoms with E-state index in [2.05, 4.69) is 15.3 Å². The summed E-state index contributed by atoms with van der Waals surface area (Å²) < 4.78 is 37.1. The lowest BCUT2D eigenvalue weighted by Crippen LogP contribution is -2.20. The number of amides is 2. The Morgan fingerprint density at radius 3 is 2.58 bits per heavy atom. The first-order chi connectivity index (χ1) is 18.1.